The molecule has 0 aliphatic carbocycles. The van der Waals surface area contributed by atoms with Gasteiger partial charge in [0.15, 0.2) is 5.60 Å². The van der Waals surface area contributed by atoms with Crippen LogP contribution in [0.3, 0.4) is 0 Å². The van der Waals surface area contributed by atoms with Crippen LogP contribution in [0, 0.1) is 11.3 Å². The molecule has 1 atom stereocenters. The molecule has 0 saturated heterocycles. The highest BCUT2D eigenvalue weighted by molar-refractivity contribution is 6.31. The van der Waals surface area contributed by atoms with Crippen molar-refractivity contribution in [3.05, 3.63) is 76.7 Å². The number of nitrogens with one attached hydrogen (secondary N) is 1. The summed E-state index contributed by atoms with van der Waals surface area (Å²) in [5, 5.41) is 12.6. The van der Waals surface area contributed by atoms with Gasteiger partial charge in [0.25, 0.3) is 0 Å². The van der Waals surface area contributed by atoms with Crippen molar-refractivity contribution in [2.24, 2.45) is 0 Å². The molecule has 1 aliphatic heterocycles. The number of fused-ring (bicyclic) bond motifs is 1. The van der Waals surface area contributed by atoms with Crippen molar-refractivity contribution >= 4 is 23.2 Å². The number of halogens is 1. The minimum atomic E-state index is -0.898. The van der Waals surface area contributed by atoms with E-state index in [9.17, 15) is 10.1 Å². The van der Waals surface area contributed by atoms with E-state index < -0.39 is 5.60 Å². The monoisotopic (exact) mass is 392 g/mol. The summed E-state index contributed by atoms with van der Waals surface area (Å²) >= 11 is 6.18. The molecule has 140 valence electrons. The lowest BCUT2D eigenvalue weighted by atomic mass is 9.85. The van der Waals surface area contributed by atoms with Gasteiger partial charge in [-0.15, -0.1) is 0 Å². The van der Waals surface area contributed by atoms with E-state index in [1.807, 2.05) is 31.2 Å². The molecule has 0 spiro atoms. The Morgan fingerprint density at radius 3 is 2.79 bits per heavy atom. The van der Waals surface area contributed by atoms with Gasteiger partial charge < -0.3 is 14.5 Å². The zero-order chi connectivity index (χ0) is 19.7. The molecular formula is C22H17ClN2O3. The summed E-state index contributed by atoms with van der Waals surface area (Å²) in [6.07, 6.45) is 2.17. The molecule has 2 aromatic carbocycles. The summed E-state index contributed by atoms with van der Waals surface area (Å²) in [4.78, 5) is 12.2. The molecule has 0 saturated carbocycles. The Kier molecular flexibility index (Phi) is 4.68. The maximum atomic E-state index is 12.2. The standard InChI is InChI=1S/C22H17ClN2O3/c1-2-22(20-4-3-7-27-20)18-11-15(5-6-19(18)25-21(26)13-28-22)16-8-14(12-24)9-17(23)10-16/h3-11H,2,13H2,1H3,(H,25,26). The predicted octanol–water partition coefficient (Wildman–Crippen LogP) is 5.09. The average Bonchev–Trinajstić information content (AvgIpc) is 3.20. The Labute approximate surface area is 167 Å². The van der Waals surface area contributed by atoms with Crippen molar-refractivity contribution in [3.8, 4) is 17.2 Å². The van der Waals surface area contributed by atoms with Gasteiger partial charge >= 0.3 is 0 Å². The van der Waals surface area contributed by atoms with E-state index in [-0.39, 0.29) is 12.5 Å². The third-order valence-electron chi connectivity index (χ3n) is 4.96. The lowest BCUT2D eigenvalue weighted by Crippen LogP contribution is -2.30. The number of rotatable bonds is 3. The number of amides is 1. The molecule has 28 heavy (non-hydrogen) atoms. The molecule has 3 aromatic rings. The number of nitrogens with zero attached hydrogens (tertiary/aromatic N) is 1. The highest BCUT2D eigenvalue weighted by Crippen LogP contribution is 2.44. The smallest absolute Gasteiger partial charge is 0.250 e. The van der Waals surface area contributed by atoms with Crippen molar-refractivity contribution in [1.29, 1.82) is 5.26 Å². The molecule has 1 aliphatic rings. The van der Waals surface area contributed by atoms with Gasteiger partial charge in [0, 0.05) is 16.3 Å². The summed E-state index contributed by atoms with van der Waals surface area (Å²) in [5.41, 5.74) is 2.73. The van der Waals surface area contributed by atoms with E-state index in [4.69, 9.17) is 20.8 Å². The highest BCUT2D eigenvalue weighted by atomic mass is 35.5. The number of hydrogen-bond acceptors (Lipinski definition) is 4. The first kappa shape index (κ1) is 18.3. The van der Waals surface area contributed by atoms with E-state index in [1.54, 1.807) is 30.5 Å². The summed E-state index contributed by atoms with van der Waals surface area (Å²) in [6, 6.07) is 16.7. The van der Waals surface area contributed by atoms with Crippen LogP contribution < -0.4 is 5.32 Å². The molecule has 5 nitrogen and oxygen atoms in total. The lowest BCUT2D eigenvalue weighted by Gasteiger charge is -2.31. The van der Waals surface area contributed by atoms with E-state index >= 15 is 0 Å². The number of hydrogen-bond donors (Lipinski definition) is 1. The molecule has 6 heteroatoms. The molecule has 1 aromatic heterocycles. The van der Waals surface area contributed by atoms with Crippen LogP contribution in [-0.4, -0.2) is 12.5 Å². The second-order valence-electron chi connectivity index (χ2n) is 6.60. The molecule has 0 bridgehead atoms. The van der Waals surface area contributed by atoms with E-state index in [1.165, 1.54) is 0 Å². The van der Waals surface area contributed by atoms with Crippen LogP contribution in [0.1, 0.15) is 30.2 Å². The number of carbonyl (C=O) groups excluding carboxylic acids is 1. The average molecular weight is 393 g/mol. The Bertz CT molecular complexity index is 1090. The van der Waals surface area contributed by atoms with Crippen LogP contribution in [0.5, 0.6) is 0 Å². The third kappa shape index (κ3) is 3.07. The minimum absolute atomic E-state index is 0.0751. The van der Waals surface area contributed by atoms with Gasteiger partial charge in [0.05, 0.1) is 17.9 Å². The van der Waals surface area contributed by atoms with E-state index in [0.717, 1.165) is 16.7 Å². The fourth-order valence-corrected chi connectivity index (χ4v) is 3.85. The van der Waals surface area contributed by atoms with Crippen molar-refractivity contribution in [2.45, 2.75) is 18.9 Å². The van der Waals surface area contributed by atoms with Gasteiger partial charge in [0.2, 0.25) is 5.91 Å². The van der Waals surface area contributed by atoms with Gasteiger partial charge in [-0.3, -0.25) is 4.79 Å². The second-order valence-corrected chi connectivity index (χ2v) is 7.03. The molecule has 1 N–H and O–H groups in total. The number of carbonyl (C=O) groups is 1. The zero-order valence-electron chi connectivity index (χ0n) is 15.2. The fraction of sp³-hybridized carbons (Fsp3) is 0.182. The first-order valence-electron chi connectivity index (χ1n) is 8.89. The summed E-state index contributed by atoms with van der Waals surface area (Å²) in [6.45, 7) is 1.91. The van der Waals surface area contributed by atoms with Gasteiger partial charge in [-0.2, -0.15) is 5.26 Å². The van der Waals surface area contributed by atoms with Gasteiger partial charge in [0.1, 0.15) is 12.4 Å². The van der Waals surface area contributed by atoms with Crippen LogP contribution in [0.4, 0.5) is 5.69 Å². The predicted molar refractivity (Wildman–Crippen MR) is 106 cm³/mol. The third-order valence-corrected chi connectivity index (χ3v) is 5.17. The molecule has 1 unspecified atom stereocenters. The SMILES string of the molecule is CCC1(c2ccco2)OCC(=O)Nc2ccc(-c3cc(Cl)cc(C#N)c3)cc21. The minimum Gasteiger partial charge on any atom is -0.466 e. The van der Waals surface area contributed by atoms with Crippen LogP contribution in [-0.2, 0) is 15.1 Å². The maximum absolute atomic E-state index is 12.2. The Hall–Kier alpha value is -3.07. The number of ether oxygens (including phenoxy) is 1. The molecule has 0 fully saturated rings. The highest BCUT2D eigenvalue weighted by Gasteiger charge is 2.41. The maximum Gasteiger partial charge on any atom is 0.250 e. The Balaban J connectivity index is 1.94. The van der Waals surface area contributed by atoms with Crippen molar-refractivity contribution in [3.63, 3.8) is 0 Å². The Morgan fingerprint density at radius 2 is 2.07 bits per heavy atom. The number of anilines is 1. The quantitative estimate of drug-likeness (QED) is 0.673. The molecule has 4 rings (SSSR count). The molecule has 0 radical (unpaired) electrons. The van der Waals surface area contributed by atoms with Gasteiger partial charge in [-0.1, -0.05) is 24.6 Å². The van der Waals surface area contributed by atoms with Crippen molar-refractivity contribution in [1.82, 2.24) is 0 Å². The van der Waals surface area contributed by atoms with Crippen LogP contribution in [0.2, 0.25) is 5.02 Å². The van der Waals surface area contributed by atoms with Gasteiger partial charge in [-0.25, -0.2) is 0 Å². The zero-order valence-corrected chi connectivity index (χ0v) is 15.9. The first-order valence-corrected chi connectivity index (χ1v) is 9.27. The van der Waals surface area contributed by atoms with Crippen molar-refractivity contribution in [2.75, 3.05) is 11.9 Å². The number of furan rings is 1. The second kappa shape index (κ2) is 7.16. The fourth-order valence-electron chi connectivity index (χ4n) is 3.62. The summed E-state index contributed by atoms with van der Waals surface area (Å²) in [7, 11) is 0. The molecule has 1 amide bonds. The van der Waals surface area contributed by atoms with Crippen LogP contribution in [0.25, 0.3) is 11.1 Å². The first-order chi connectivity index (χ1) is 13.6. The van der Waals surface area contributed by atoms with Crippen LogP contribution in [0.15, 0.2) is 59.2 Å². The number of nitriles is 1. The Morgan fingerprint density at radius 1 is 1.21 bits per heavy atom. The summed E-state index contributed by atoms with van der Waals surface area (Å²) < 4.78 is 11.8. The normalized spacial score (nSPS) is 18.7. The lowest BCUT2D eigenvalue weighted by molar-refractivity contribution is -0.126. The van der Waals surface area contributed by atoms with Crippen LogP contribution >= 0.6 is 11.6 Å². The van der Waals surface area contributed by atoms with E-state index in [2.05, 4.69) is 11.4 Å². The van der Waals surface area contributed by atoms with Gasteiger partial charge in [-0.05, 0) is 60.0 Å². The van der Waals surface area contributed by atoms with E-state index in [0.29, 0.717) is 28.5 Å². The molecular weight excluding hydrogens is 376 g/mol. The number of benzene rings is 2. The topological polar surface area (TPSA) is 75.3 Å². The van der Waals surface area contributed by atoms with Crippen molar-refractivity contribution < 1.29 is 13.9 Å². The largest absolute Gasteiger partial charge is 0.466 e. The molecule has 2 heterocycles. The summed E-state index contributed by atoms with van der Waals surface area (Å²) in [5.74, 6) is 0.416.